The van der Waals surface area contributed by atoms with E-state index in [0.717, 1.165) is 33.1 Å². The summed E-state index contributed by atoms with van der Waals surface area (Å²) < 4.78 is 5.30. The third-order valence-electron chi connectivity index (χ3n) is 5.79. The number of rotatable bonds is 2. The molecule has 0 aliphatic carbocycles. The minimum atomic E-state index is 0. The van der Waals surface area contributed by atoms with E-state index in [9.17, 15) is 0 Å². The fourth-order valence-corrected chi connectivity index (χ4v) is 5.18. The van der Waals surface area contributed by atoms with Crippen molar-refractivity contribution in [2.45, 2.75) is 0 Å². The summed E-state index contributed by atoms with van der Waals surface area (Å²) in [4.78, 5) is 9.75. The Bertz CT molecular complexity index is 1700. The number of fused-ring (bicyclic) bond motifs is 4. The van der Waals surface area contributed by atoms with Gasteiger partial charge in [-0.1, -0.05) is 50.2 Å². The number of aromatic nitrogens is 2. The topological polar surface area (TPSA) is 31.8 Å². The number of hydrogen-bond acceptors (Lipinski definition) is 3. The maximum atomic E-state index is 4.46. The Morgan fingerprint density at radius 1 is 0.806 bits per heavy atom. The Kier molecular flexibility index (Phi) is 6.95. The molecule has 0 amide bonds. The van der Waals surface area contributed by atoms with Crippen LogP contribution in [0, 0.1) is 12.1 Å². The number of nitrogens with zero attached hydrogens (tertiary/aromatic N) is 4. The summed E-state index contributed by atoms with van der Waals surface area (Å²) in [6.45, 7) is 0. The van der Waals surface area contributed by atoms with E-state index in [4.69, 9.17) is 0 Å². The molecule has 0 spiro atoms. The van der Waals surface area contributed by atoms with Gasteiger partial charge in [0.05, 0.1) is 0 Å². The second kappa shape index (κ2) is 10.4. The molecule has 0 fully saturated rings. The summed E-state index contributed by atoms with van der Waals surface area (Å²) in [6, 6.07) is 40.2. The molecule has 4 heterocycles. The first-order valence-corrected chi connectivity index (χ1v) is 12.1. The Balaban J connectivity index is 0.000000175. The van der Waals surface area contributed by atoms with Gasteiger partial charge in [0.25, 0.3) is 11.4 Å². The van der Waals surface area contributed by atoms with Crippen molar-refractivity contribution in [1.29, 1.82) is 0 Å². The van der Waals surface area contributed by atoms with Crippen LogP contribution in [0.1, 0.15) is 0 Å². The van der Waals surface area contributed by atoms with Gasteiger partial charge in [0.2, 0.25) is 0 Å². The molecule has 6 aromatic rings. The molecule has 36 heavy (non-hydrogen) atoms. The van der Waals surface area contributed by atoms with Crippen molar-refractivity contribution in [1.82, 2.24) is 14.5 Å². The van der Waals surface area contributed by atoms with Gasteiger partial charge >= 0.3 is 6.01 Å². The molecule has 175 valence electrons. The Morgan fingerprint density at radius 3 is 2.42 bits per heavy atom. The molecule has 1 aliphatic heterocycles. The molecule has 0 bridgehead atoms. The summed E-state index contributed by atoms with van der Waals surface area (Å²) in [5, 5.41) is 2.41. The molecule has 0 saturated carbocycles. The number of hydrogen-bond donors (Lipinski definition) is 0. The molecule has 0 saturated heterocycles. The zero-order chi connectivity index (χ0) is 23.6. The van der Waals surface area contributed by atoms with Crippen LogP contribution >= 0.6 is 11.3 Å². The first kappa shape index (κ1) is 23.9. The van der Waals surface area contributed by atoms with Gasteiger partial charge in [0, 0.05) is 44.6 Å². The minimum absolute atomic E-state index is 0. The second-order valence-electron chi connectivity index (χ2n) is 8.03. The maximum absolute atomic E-state index is 4.46. The molecule has 3 aromatic heterocycles. The second-order valence-corrected chi connectivity index (χ2v) is 9.06. The van der Waals surface area contributed by atoms with Crippen LogP contribution < -0.4 is 4.58 Å². The Hall–Kier alpha value is -3.79. The van der Waals surface area contributed by atoms with Crippen LogP contribution in [0.15, 0.2) is 103 Å². The third kappa shape index (κ3) is 4.56. The van der Waals surface area contributed by atoms with Gasteiger partial charge in [0.1, 0.15) is 10.5 Å². The van der Waals surface area contributed by atoms with Gasteiger partial charge in [-0.2, -0.15) is 6.07 Å². The van der Waals surface area contributed by atoms with Gasteiger partial charge < -0.3 is 4.98 Å². The molecule has 6 heteroatoms. The van der Waals surface area contributed by atoms with Crippen molar-refractivity contribution < 1.29 is 24.7 Å². The molecule has 1 radical (unpaired) electrons. The van der Waals surface area contributed by atoms with Crippen LogP contribution in [0.5, 0.6) is 0 Å². The molecule has 4 nitrogen and oxygen atoms in total. The fraction of sp³-hybridized carbons (Fsp3) is 0.0333. The van der Waals surface area contributed by atoms with Gasteiger partial charge in [-0.3, -0.25) is 0 Å². The predicted molar refractivity (Wildman–Crippen MR) is 143 cm³/mol. The molecular weight excluding hydrogens is 641 g/mol. The number of pyridine rings is 2. The van der Waals surface area contributed by atoms with Crippen molar-refractivity contribution in [2.75, 3.05) is 7.05 Å². The van der Waals surface area contributed by atoms with Gasteiger partial charge in [-0.05, 0) is 23.2 Å². The smallest absolute Gasteiger partial charge is 0.305 e. The molecule has 0 atom stereocenters. The number of benzene rings is 3. The van der Waals surface area contributed by atoms with E-state index < -0.39 is 0 Å². The van der Waals surface area contributed by atoms with Gasteiger partial charge in [-0.25, -0.2) is 4.98 Å². The van der Waals surface area contributed by atoms with E-state index in [1.54, 1.807) is 17.5 Å². The van der Waals surface area contributed by atoms with Crippen LogP contribution in [0.4, 0.5) is 17.1 Å². The standard InChI is InChI=1S/C19H12N3S.C11H8N.Ir/c1-21-12-22(17-7-3-2-6-16(17)21)13-8-9-14-15-5-4-10-20-19(15)23-18(14)11-13;1-2-6-10(7-3-1)11-8-4-5-9-12-11;/h2-7,9-11H,1H3;1-6,8-9H;/q+1;-1;. The van der Waals surface area contributed by atoms with Crippen molar-refractivity contribution in [2.24, 2.45) is 0 Å². The monoisotopic (exact) mass is 661 g/mol. The number of para-hydroxylation sites is 2. The summed E-state index contributed by atoms with van der Waals surface area (Å²) in [5.41, 5.74) is 5.29. The zero-order valence-electron chi connectivity index (χ0n) is 19.3. The predicted octanol–water partition coefficient (Wildman–Crippen LogP) is 7.09. The number of thiophene rings is 1. The van der Waals surface area contributed by atoms with Crippen molar-refractivity contribution >= 4 is 54.7 Å². The van der Waals surface area contributed by atoms with Crippen LogP contribution in [0.25, 0.3) is 31.6 Å². The normalized spacial score (nSPS) is 11.7. The SMILES string of the molecule is C[N+]1=C=[N+](c2[c-]cc3c(c2)sc2ncccc23)c2ccccc21.[Ir].[c-]1ccccc1-c1ccccn1. The summed E-state index contributed by atoms with van der Waals surface area (Å²) in [6.07, 6.45) is 3.63. The van der Waals surface area contributed by atoms with Crippen molar-refractivity contribution in [3.8, 4) is 11.3 Å². The molecule has 0 N–H and O–H groups in total. The quantitative estimate of drug-likeness (QED) is 0.147. The van der Waals surface area contributed by atoms with E-state index in [0.29, 0.717) is 0 Å². The molecule has 1 aliphatic rings. The van der Waals surface area contributed by atoms with Crippen LogP contribution in [-0.2, 0) is 20.1 Å². The molecule has 7 rings (SSSR count). The van der Waals surface area contributed by atoms with E-state index in [1.807, 2.05) is 72.4 Å². The first-order valence-electron chi connectivity index (χ1n) is 11.2. The Labute approximate surface area is 226 Å². The van der Waals surface area contributed by atoms with E-state index >= 15 is 0 Å². The largest absolute Gasteiger partial charge is 0.494 e. The average Bonchev–Trinajstić information content (AvgIpc) is 3.47. The third-order valence-corrected chi connectivity index (χ3v) is 6.87. The summed E-state index contributed by atoms with van der Waals surface area (Å²) >= 11 is 1.72. The van der Waals surface area contributed by atoms with Crippen molar-refractivity contribution in [3.63, 3.8) is 0 Å². The average molecular weight is 661 g/mol. The fourth-order valence-electron chi connectivity index (χ4n) is 4.12. The maximum Gasteiger partial charge on any atom is 0.494 e. The minimum Gasteiger partial charge on any atom is -0.305 e. The zero-order valence-corrected chi connectivity index (χ0v) is 22.6. The summed E-state index contributed by atoms with van der Waals surface area (Å²) in [7, 11) is 2.01. The summed E-state index contributed by atoms with van der Waals surface area (Å²) in [5.74, 6) is 0. The molecular formula is C30H20IrN4S. The van der Waals surface area contributed by atoms with E-state index in [1.165, 1.54) is 15.5 Å². The Morgan fingerprint density at radius 2 is 1.61 bits per heavy atom. The van der Waals surface area contributed by atoms with Crippen molar-refractivity contribution in [3.05, 3.63) is 116 Å². The van der Waals surface area contributed by atoms with Crippen LogP contribution in [0.3, 0.4) is 0 Å². The molecule has 0 unspecified atom stereocenters. The molecule has 3 aromatic carbocycles. The van der Waals surface area contributed by atoms with Crippen LogP contribution in [-0.4, -0.2) is 27.6 Å². The first-order chi connectivity index (χ1) is 17.3. The van der Waals surface area contributed by atoms with E-state index in [2.05, 4.69) is 69.1 Å². The van der Waals surface area contributed by atoms with Gasteiger partial charge in [-0.15, -0.1) is 58.7 Å². The van der Waals surface area contributed by atoms with Gasteiger partial charge in [0.15, 0.2) is 7.05 Å². The van der Waals surface area contributed by atoms with E-state index in [-0.39, 0.29) is 20.1 Å². The van der Waals surface area contributed by atoms with Crippen LogP contribution in [0.2, 0.25) is 0 Å².